The van der Waals surface area contributed by atoms with Crippen LogP contribution in [0.25, 0.3) is 0 Å². The average molecular weight is 347 g/mol. The lowest BCUT2D eigenvalue weighted by Gasteiger charge is -2.08. The van der Waals surface area contributed by atoms with E-state index in [0.29, 0.717) is 11.3 Å². The Kier molecular flexibility index (Phi) is 5.47. The lowest BCUT2D eigenvalue weighted by atomic mass is 10.3. The van der Waals surface area contributed by atoms with Gasteiger partial charge in [0.15, 0.2) is 6.61 Å². The lowest BCUT2D eigenvalue weighted by Crippen LogP contribution is -2.23. The maximum atomic E-state index is 12.2. The van der Waals surface area contributed by atoms with Crippen LogP contribution < -0.4 is 9.46 Å². The largest absolute Gasteiger partial charge is 0.482 e. The molecule has 0 amide bonds. The number of carboxylic acid groups (broad SMARTS) is 1. The first-order chi connectivity index (χ1) is 11.4. The van der Waals surface area contributed by atoms with E-state index >= 15 is 0 Å². The Hall–Kier alpha value is -2.96. The van der Waals surface area contributed by atoms with Crippen LogP contribution >= 0.6 is 0 Å². The Balaban J connectivity index is 2.01. The van der Waals surface area contributed by atoms with E-state index in [0.717, 1.165) is 0 Å². The molecule has 124 valence electrons. The standard InChI is InChI=1S/C15H13N3O5S/c16-7-11-1-2-12(17-8-11)9-18-24(21,22)14-5-3-13(4-6-14)23-10-15(19)20/h1-6,8,18H,9-10H2,(H,19,20). The summed E-state index contributed by atoms with van der Waals surface area (Å²) >= 11 is 0. The van der Waals surface area contributed by atoms with Crippen LogP contribution in [0.3, 0.4) is 0 Å². The molecule has 0 aliphatic carbocycles. The van der Waals surface area contributed by atoms with Crippen molar-refractivity contribution < 1.29 is 23.1 Å². The van der Waals surface area contributed by atoms with Gasteiger partial charge in [-0.15, -0.1) is 0 Å². The minimum absolute atomic E-state index is 0.0128. The fourth-order valence-electron chi connectivity index (χ4n) is 1.71. The fraction of sp³-hybridized carbons (Fsp3) is 0.133. The van der Waals surface area contributed by atoms with Gasteiger partial charge in [-0.25, -0.2) is 17.9 Å². The maximum absolute atomic E-state index is 12.2. The number of nitrogens with zero attached hydrogens (tertiary/aromatic N) is 2. The Morgan fingerprint density at radius 2 is 1.96 bits per heavy atom. The number of ether oxygens (including phenoxy) is 1. The molecule has 0 saturated heterocycles. The number of sulfonamides is 1. The average Bonchev–Trinajstić information content (AvgIpc) is 2.59. The highest BCUT2D eigenvalue weighted by Crippen LogP contribution is 2.16. The van der Waals surface area contributed by atoms with Crippen molar-refractivity contribution in [1.29, 1.82) is 5.26 Å². The van der Waals surface area contributed by atoms with Crippen molar-refractivity contribution in [3.05, 3.63) is 53.9 Å². The van der Waals surface area contributed by atoms with E-state index in [1.54, 1.807) is 12.1 Å². The van der Waals surface area contributed by atoms with Crippen molar-refractivity contribution in [2.75, 3.05) is 6.61 Å². The molecule has 0 atom stereocenters. The van der Waals surface area contributed by atoms with Gasteiger partial charge in [0.2, 0.25) is 10.0 Å². The number of aliphatic carboxylic acids is 1. The van der Waals surface area contributed by atoms with Crippen LogP contribution in [-0.2, 0) is 21.4 Å². The molecule has 0 bridgehead atoms. The van der Waals surface area contributed by atoms with E-state index in [1.165, 1.54) is 30.5 Å². The smallest absolute Gasteiger partial charge is 0.341 e. The lowest BCUT2D eigenvalue weighted by molar-refractivity contribution is -0.139. The number of rotatable bonds is 7. The summed E-state index contributed by atoms with van der Waals surface area (Å²) < 4.78 is 31.7. The van der Waals surface area contributed by atoms with Gasteiger partial charge < -0.3 is 9.84 Å². The Labute approximate surface area is 138 Å². The van der Waals surface area contributed by atoms with Crippen LogP contribution in [0.5, 0.6) is 5.75 Å². The van der Waals surface area contributed by atoms with Gasteiger partial charge in [0, 0.05) is 6.20 Å². The van der Waals surface area contributed by atoms with Gasteiger partial charge in [-0.3, -0.25) is 4.98 Å². The van der Waals surface area contributed by atoms with Gasteiger partial charge in [-0.05, 0) is 36.4 Å². The molecule has 0 radical (unpaired) electrons. The molecule has 9 heteroatoms. The molecule has 1 heterocycles. The number of carboxylic acids is 1. The number of hydrogen-bond donors (Lipinski definition) is 2. The molecule has 0 fully saturated rings. The number of nitrogens with one attached hydrogen (secondary N) is 1. The summed E-state index contributed by atoms with van der Waals surface area (Å²) in [5.41, 5.74) is 0.859. The summed E-state index contributed by atoms with van der Waals surface area (Å²) in [6.07, 6.45) is 1.36. The predicted octanol–water partition coefficient (Wildman–Crippen LogP) is 0.895. The van der Waals surface area contributed by atoms with Crippen LogP contribution in [-0.4, -0.2) is 31.1 Å². The monoisotopic (exact) mass is 347 g/mol. The molecule has 0 aliphatic rings. The van der Waals surface area contributed by atoms with Crippen LogP contribution in [0.2, 0.25) is 0 Å². The van der Waals surface area contributed by atoms with E-state index in [1.807, 2.05) is 6.07 Å². The van der Waals surface area contributed by atoms with Crippen LogP contribution in [0.4, 0.5) is 0 Å². The van der Waals surface area contributed by atoms with Gasteiger partial charge in [0.1, 0.15) is 11.8 Å². The van der Waals surface area contributed by atoms with E-state index in [2.05, 4.69) is 9.71 Å². The van der Waals surface area contributed by atoms with E-state index < -0.39 is 22.6 Å². The number of benzene rings is 1. The zero-order valence-electron chi connectivity index (χ0n) is 12.3. The molecule has 24 heavy (non-hydrogen) atoms. The minimum Gasteiger partial charge on any atom is -0.482 e. The van der Waals surface area contributed by atoms with Crippen LogP contribution in [0.15, 0.2) is 47.5 Å². The van der Waals surface area contributed by atoms with Gasteiger partial charge in [-0.2, -0.15) is 5.26 Å². The Bertz CT molecular complexity index is 855. The summed E-state index contributed by atoms with van der Waals surface area (Å²) in [6.45, 7) is -0.528. The molecule has 8 nitrogen and oxygen atoms in total. The molecular formula is C15H13N3O5S. The second kappa shape index (κ2) is 7.54. The first-order valence-corrected chi connectivity index (χ1v) is 8.18. The summed E-state index contributed by atoms with van der Waals surface area (Å²) in [4.78, 5) is 14.4. The molecule has 0 aliphatic heterocycles. The number of nitriles is 1. The molecule has 0 spiro atoms. The summed E-state index contributed by atoms with van der Waals surface area (Å²) in [5, 5.41) is 17.2. The first kappa shape index (κ1) is 17.4. The highest BCUT2D eigenvalue weighted by Gasteiger charge is 2.14. The third-order valence-corrected chi connectivity index (χ3v) is 4.31. The van der Waals surface area contributed by atoms with Gasteiger partial charge >= 0.3 is 5.97 Å². The summed E-state index contributed by atoms with van der Waals surface area (Å²) in [5.74, 6) is -0.867. The van der Waals surface area contributed by atoms with Gasteiger partial charge in [0.05, 0.1) is 22.7 Å². The topological polar surface area (TPSA) is 129 Å². The van der Waals surface area contributed by atoms with Crippen LogP contribution in [0.1, 0.15) is 11.3 Å². The van der Waals surface area contributed by atoms with E-state index in [9.17, 15) is 13.2 Å². The van der Waals surface area contributed by atoms with Gasteiger partial charge in [-0.1, -0.05) is 0 Å². The quantitative estimate of drug-likeness (QED) is 0.761. The van der Waals surface area contributed by atoms with E-state index in [4.69, 9.17) is 15.1 Å². The zero-order chi connectivity index (χ0) is 17.6. The number of pyridine rings is 1. The highest BCUT2D eigenvalue weighted by molar-refractivity contribution is 7.89. The SMILES string of the molecule is N#Cc1ccc(CNS(=O)(=O)c2ccc(OCC(=O)O)cc2)nc1. The van der Waals surface area contributed by atoms with Crippen molar-refractivity contribution >= 4 is 16.0 Å². The van der Waals surface area contributed by atoms with Crippen molar-refractivity contribution in [2.45, 2.75) is 11.4 Å². The van der Waals surface area contributed by atoms with Crippen LogP contribution in [0, 0.1) is 11.3 Å². The van der Waals surface area contributed by atoms with Crippen molar-refractivity contribution in [3.63, 3.8) is 0 Å². The molecule has 1 aromatic carbocycles. The van der Waals surface area contributed by atoms with Gasteiger partial charge in [0.25, 0.3) is 0 Å². The number of aromatic nitrogens is 1. The third-order valence-electron chi connectivity index (χ3n) is 2.89. The molecule has 2 rings (SSSR count). The highest BCUT2D eigenvalue weighted by atomic mass is 32.2. The van der Waals surface area contributed by atoms with Crippen molar-refractivity contribution in [3.8, 4) is 11.8 Å². The molecular weight excluding hydrogens is 334 g/mol. The molecule has 1 aromatic heterocycles. The normalized spacial score (nSPS) is 10.8. The summed E-state index contributed by atoms with van der Waals surface area (Å²) in [7, 11) is -3.75. The Morgan fingerprint density at radius 3 is 2.50 bits per heavy atom. The number of carbonyl (C=O) groups is 1. The third kappa shape index (κ3) is 4.77. The maximum Gasteiger partial charge on any atom is 0.341 e. The second-order valence-electron chi connectivity index (χ2n) is 4.63. The molecule has 0 saturated carbocycles. The van der Waals surface area contributed by atoms with Crippen molar-refractivity contribution in [2.24, 2.45) is 0 Å². The van der Waals surface area contributed by atoms with Crippen molar-refractivity contribution in [1.82, 2.24) is 9.71 Å². The Morgan fingerprint density at radius 1 is 1.25 bits per heavy atom. The van der Waals surface area contributed by atoms with E-state index in [-0.39, 0.29) is 17.2 Å². The molecule has 2 aromatic rings. The zero-order valence-corrected chi connectivity index (χ0v) is 13.2. The molecule has 2 N–H and O–H groups in total. The fourth-order valence-corrected chi connectivity index (χ4v) is 2.71. The minimum atomic E-state index is -3.75. The summed E-state index contributed by atoms with van der Waals surface area (Å²) in [6, 6.07) is 10.4. The second-order valence-corrected chi connectivity index (χ2v) is 6.40. The predicted molar refractivity (Wildman–Crippen MR) is 82.6 cm³/mol. The first-order valence-electron chi connectivity index (χ1n) is 6.70. The molecule has 0 unspecified atom stereocenters. The number of hydrogen-bond acceptors (Lipinski definition) is 6.